The van der Waals surface area contributed by atoms with Crippen LogP contribution in [0.3, 0.4) is 0 Å². The number of aromatic nitrogens is 2. The van der Waals surface area contributed by atoms with E-state index in [0.717, 1.165) is 76.4 Å². The second kappa shape index (κ2) is 23.2. The van der Waals surface area contributed by atoms with E-state index in [2.05, 4.69) is 65.7 Å². The molecule has 412 valence electrons. The van der Waals surface area contributed by atoms with E-state index in [0.29, 0.717) is 102 Å². The van der Waals surface area contributed by atoms with Crippen molar-refractivity contribution >= 4 is 11.9 Å². The molecule has 2 aromatic rings. The van der Waals surface area contributed by atoms with Crippen LogP contribution in [-0.2, 0) is 17.6 Å². The molecule has 8 aliphatic carbocycles. The van der Waals surface area contributed by atoms with Gasteiger partial charge in [-0.1, -0.05) is 78.5 Å². The van der Waals surface area contributed by atoms with Crippen LogP contribution in [0.1, 0.15) is 210 Å². The van der Waals surface area contributed by atoms with Crippen molar-refractivity contribution in [2.45, 2.75) is 215 Å². The van der Waals surface area contributed by atoms with E-state index in [-0.39, 0.29) is 81.8 Å². The summed E-state index contributed by atoms with van der Waals surface area (Å²) in [6, 6.07) is 3.29. The predicted octanol–water partition coefficient (Wildman–Crippen LogP) is 8.44. The van der Waals surface area contributed by atoms with Crippen LogP contribution in [0.15, 0.2) is 21.2 Å². The summed E-state index contributed by atoms with van der Waals surface area (Å²) in [7, 11) is 0. The van der Waals surface area contributed by atoms with E-state index in [9.17, 15) is 30.0 Å². The predicted molar refractivity (Wildman–Crippen MR) is 276 cm³/mol. The van der Waals surface area contributed by atoms with Crippen molar-refractivity contribution in [1.82, 2.24) is 10.3 Å². The molecule has 0 unspecified atom stereocenters. The van der Waals surface area contributed by atoms with Crippen molar-refractivity contribution < 1.29 is 73.2 Å². The molecule has 0 amide bonds. The third-order valence-corrected chi connectivity index (χ3v) is 23.8. The molecule has 2 aromatic heterocycles. The first kappa shape index (κ1) is 59.4. The molecular formula is C60H95LiN2O11. The van der Waals surface area contributed by atoms with E-state index >= 15 is 0 Å². The summed E-state index contributed by atoms with van der Waals surface area (Å²) in [5.41, 5.74) is 1.23. The zero-order valence-corrected chi connectivity index (χ0v) is 47.0. The second-order valence-corrected chi connectivity index (χ2v) is 26.7. The topological polar surface area (TPSA) is 227 Å². The van der Waals surface area contributed by atoms with Gasteiger partial charge in [-0.3, -0.25) is 0 Å². The fourth-order valence-corrected chi connectivity index (χ4v) is 20.3. The van der Waals surface area contributed by atoms with Gasteiger partial charge in [-0.15, -0.1) is 0 Å². The van der Waals surface area contributed by atoms with Gasteiger partial charge in [-0.25, -0.2) is 9.59 Å². The second-order valence-electron chi connectivity index (χ2n) is 26.7. The van der Waals surface area contributed by atoms with Crippen LogP contribution in [0, 0.1) is 105 Å². The van der Waals surface area contributed by atoms with Crippen molar-refractivity contribution in [3.8, 4) is 0 Å². The maximum atomic E-state index is 11.9. The Morgan fingerprint density at radius 2 is 1.00 bits per heavy atom. The van der Waals surface area contributed by atoms with Gasteiger partial charge in [0.05, 0.1) is 31.0 Å². The van der Waals surface area contributed by atoms with E-state index in [1.165, 1.54) is 51.4 Å². The number of ether oxygens (including phenoxy) is 1. The average molecular weight is 1030 g/mol. The number of carboxylic acid groups (broad SMARTS) is 1. The number of esters is 1. The molecule has 22 atom stereocenters. The van der Waals surface area contributed by atoms with E-state index in [4.69, 9.17) is 18.9 Å². The molecule has 8 aliphatic rings. The Bertz CT molecular complexity index is 2200. The molecular weight excluding hydrogens is 932 g/mol. The molecule has 0 aromatic carbocycles. The monoisotopic (exact) mass is 1030 g/mol. The molecule has 74 heavy (non-hydrogen) atoms. The fraction of sp³-hybridized carbons (Fsp3) is 0.867. The van der Waals surface area contributed by atoms with Gasteiger partial charge < -0.3 is 44.8 Å². The number of aliphatic hydroxyl groups excluding tert-OH is 4. The number of carbonyl (C=O) groups is 2. The van der Waals surface area contributed by atoms with Crippen LogP contribution in [0.4, 0.5) is 0 Å². The SMILES string of the molecule is CCOC(=O)c1cc(CC[C@@H](C)[C@H]2CC[C@H]3[C@@H]4[C@H](O)[C@H](CC)[C@@H]5C[C@H](O)CC[C@]5(C)[C@H]4CC[C@]23C)on1.CC[C@H]1[C@@H](O)[C@@H]2[C@H](CC[C@]3(C)[C@@H]([C@H](C)CCc4cc(C(=O)O)no4)CC[C@@H]23)[C@@]2(C)CC[C@@H](O)C[C@@H]12.[Li+].[OH-]. The maximum Gasteiger partial charge on any atom is 1.00 e. The number of carboxylic acids is 1. The molecule has 2 heterocycles. The third kappa shape index (κ3) is 10.3. The van der Waals surface area contributed by atoms with Crippen molar-refractivity contribution in [1.29, 1.82) is 0 Å². The molecule has 6 N–H and O–H groups in total. The summed E-state index contributed by atoms with van der Waals surface area (Å²) in [5, 5.41) is 61.4. The van der Waals surface area contributed by atoms with E-state index < -0.39 is 11.9 Å². The fourth-order valence-electron chi connectivity index (χ4n) is 20.3. The van der Waals surface area contributed by atoms with Crippen molar-refractivity contribution in [2.24, 2.45) is 105 Å². The van der Waals surface area contributed by atoms with Crippen molar-refractivity contribution in [3.63, 3.8) is 0 Å². The molecule has 14 heteroatoms. The third-order valence-electron chi connectivity index (χ3n) is 23.8. The van der Waals surface area contributed by atoms with Crippen molar-refractivity contribution in [3.05, 3.63) is 35.0 Å². The largest absolute Gasteiger partial charge is 1.00 e. The minimum atomic E-state index is -1.05. The molecule has 0 bridgehead atoms. The Labute approximate surface area is 454 Å². The number of rotatable bonds is 13. The first-order valence-electron chi connectivity index (χ1n) is 29.3. The minimum Gasteiger partial charge on any atom is -0.870 e. The number of aromatic carboxylic acids is 1. The van der Waals surface area contributed by atoms with Gasteiger partial charge in [0.1, 0.15) is 11.5 Å². The number of hydrogen-bond acceptors (Lipinski definition) is 12. The average Bonchev–Trinajstić information content (AvgIpc) is 4.17. The molecule has 10 rings (SSSR count). The molecule has 13 nitrogen and oxygen atoms in total. The summed E-state index contributed by atoms with van der Waals surface area (Å²) in [4.78, 5) is 23.1. The molecule has 0 radical (unpaired) electrons. The smallest absolute Gasteiger partial charge is 0.870 e. The van der Waals surface area contributed by atoms with Crippen LogP contribution in [0.2, 0.25) is 0 Å². The van der Waals surface area contributed by atoms with Crippen molar-refractivity contribution in [2.75, 3.05) is 6.61 Å². The number of nitrogens with zero attached hydrogens (tertiary/aromatic N) is 2. The van der Waals surface area contributed by atoms with Crippen LogP contribution >= 0.6 is 0 Å². The van der Waals surface area contributed by atoms with Gasteiger partial charge in [0.15, 0.2) is 11.4 Å². The molecule has 8 saturated carbocycles. The van der Waals surface area contributed by atoms with Crippen LogP contribution in [-0.4, -0.2) is 84.3 Å². The first-order valence-corrected chi connectivity index (χ1v) is 29.3. The van der Waals surface area contributed by atoms with Gasteiger partial charge in [-0.05, 0) is 214 Å². The first-order chi connectivity index (χ1) is 34.2. The molecule has 0 aliphatic heterocycles. The Morgan fingerprint density at radius 3 is 1.39 bits per heavy atom. The standard InChI is InChI=1S/C31H49NO5.C29H45NO5.Li.H2O/c1-6-21-25-16-19(33)12-14-31(25,5)24-13-15-30(4)22(10-11-23(30)27(24)28(21)34)18(3)8-9-20-17-26(32-37-20)29(35)36-7-2;1-5-19-23-14-17(31)10-12-29(23,4)22-11-13-28(3)20(8-9-21(28)25(22)26(19)32)16(2)6-7-18-15-24(27(33)34)30-35-18;;/h17-19,21-25,27-28,33-34H,6-16H2,1-5H3;15-17,19-23,25-26,31-32H,5-14H2,1-4H3,(H,33,34);;1H2/q;;+1;/p-1/t18-,19-,21-,22-,23+,24+,25+,27+,28-,30-,31-;16-,17-,19-,20-,21+,22+,23+,25+,26-,28-,29-;;/m11../s1. The summed E-state index contributed by atoms with van der Waals surface area (Å²) in [6.45, 7) is 21.4. The Morgan fingerprint density at radius 1 is 0.608 bits per heavy atom. The number of aryl methyl sites for hydroxylation is 2. The van der Waals surface area contributed by atoms with Gasteiger partial charge in [0, 0.05) is 25.0 Å². The van der Waals surface area contributed by atoms with Crippen LogP contribution in [0.5, 0.6) is 0 Å². The zero-order chi connectivity index (χ0) is 51.7. The summed E-state index contributed by atoms with van der Waals surface area (Å²) in [6.07, 6.45) is 20.1. The zero-order valence-electron chi connectivity index (χ0n) is 47.0. The van der Waals surface area contributed by atoms with Gasteiger partial charge >= 0.3 is 30.8 Å². The Kier molecular flexibility index (Phi) is 18.6. The number of carbonyl (C=O) groups excluding carboxylic acids is 1. The Balaban J connectivity index is 0.000000211. The maximum absolute atomic E-state index is 11.9. The minimum absolute atomic E-state index is 0. The molecule has 0 saturated heterocycles. The summed E-state index contributed by atoms with van der Waals surface area (Å²) >= 11 is 0. The van der Waals surface area contributed by atoms with E-state index in [1.54, 1.807) is 19.1 Å². The van der Waals surface area contributed by atoms with E-state index in [1.807, 2.05) is 0 Å². The Hall–Kier alpha value is -2.24. The molecule has 8 fully saturated rings. The molecule has 0 spiro atoms. The number of hydrogen-bond donors (Lipinski definition) is 5. The summed E-state index contributed by atoms with van der Waals surface area (Å²) < 4.78 is 15.8. The normalized spacial score (nSPS) is 43.7. The van der Waals surface area contributed by atoms with Gasteiger partial charge in [-0.2, -0.15) is 0 Å². The van der Waals surface area contributed by atoms with Gasteiger partial charge in [0.25, 0.3) is 0 Å². The van der Waals surface area contributed by atoms with Crippen LogP contribution < -0.4 is 18.9 Å². The number of aliphatic hydroxyl groups is 4. The van der Waals surface area contributed by atoms with Gasteiger partial charge in [0.2, 0.25) is 0 Å². The number of fused-ring (bicyclic) bond motifs is 10. The summed E-state index contributed by atoms with van der Waals surface area (Å²) in [5.74, 6) is 6.76. The quantitative estimate of drug-likeness (QED) is 0.0939. The van der Waals surface area contributed by atoms with Crippen LogP contribution in [0.25, 0.3) is 0 Å².